The van der Waals surface area contributed by atoms with Crippen LogP contribution in [0.25, 0.3) is 11.1 Å². The van der Waals surface area contributed by atoms with Crippen LogP contribution in [0.1, 0.15) is 27.9 Å². The molecule has 9 heteroatoms. The van der Waals surface area contributed by atoms with Crippen molar-refractivity contribution in [2.45, 2.75) is 19.4 Å². The first kappa shape index (κ1) is 30.8. The zero-order valence-corrected chi connectivity index (χ0v) is 22.3. The number of carboxylic acid groups (broad SMARTS) is 2. The first-order chi connectivity index (χ1) is 18.6. The number of nitrogens with one attached hydrogen (secondary N) is 1. The van der Waals surface area contributed by atoms with Gasteiger partial charge < -0.3 is 30.3 Å². The van der Waals surface area contributed by atoms with E-state index < -0.39 is 11.9 Å². The lowest BCUT2D eigenvalue weighted by molar-refractivity contribution is -0.134. The second kappa shape index (κ2) is 15.7. The second-order valence-corrected chi connectivity index (χ2v) is 8.83. The van der Waals surface area contributed by atoms with Crippen molar-refractivity contribution in [1.82, 2.24) is 4.90 Å². The Kier molecular flexibility index (Phi) is 12.4. The molecule has 0 aliphatic rings. The molecule has 0 aliphatic heterocycles. The van der Waals surface area contributed by atoms with Crippen LogP contribution in [0.2, 0.25) is 0 Å². The van der Waals surface area contributed by atoms with E-state index in [0.29, 0.717) is 17.7 Å². The van der Waals surface area contributed by atoms with Gasteiger partial charge in [0.15, 0.2) is 0 Å². The van der Waals surface area contributed by atoms with Crippen LogP contribution in [0.3, 0.4) is 0 Å². The van der Waals surface area contributed by atoms with Gasteiger partial charge in [0.1, 0.15) is 5.75 Å². The smallest absolute Gasteiger partial charge is 0.328 e. The monoisotopic (exact) mass is 534 g/mol. The molecule has 9 nitrogen and oxygen atoms in total. The van der Waals surface area contributed by atoms with Gasteiger partial charge in [-0.05, 0) is 86.1 Å². The molecule has 0 spiro atoms. The Morgan fingerprint density at radius 2 is 1.44 bits per heavy atom. The molecule has 0 aromatic heterocycles. The number of rotatable bonds is 11. The molecule has 4 N–H and O–H groups in total. The number of carbonyl (C=O) groups is 3. The van der Waals surface area contributed by atoms with E-state index in [1.807, 2.05) is 60.7 Å². The van der Waals surface area contributed by atoms with Gasteiger partial charge in [-0.15, -0.1) is 0 Å². The number of aliphatic carboxylic acids is 2. The van der Waals surface area contributed by atoms with Crippen LogP contribution in [0, 0.1) is 0 Å². The Morgan fingerprint density at radius 1 is 0.872 bits per heavy atom. The highest BCUT2D eigenvalue weighted by Crippen LogP contribution is 2.24. The number of amides is 1. The Bertz CT molecular complexity index is 1250. The second-order valence-electron chi connectivity index (χ2n) is 8.83. The van der Waals surface area contributed by atoms with Crippen LogP contribution in [0.5, 0.6) is 5.75 Å². The summed E-state index contributed by atoms with van der Waals surface area (Å²) < 4.78 is 5.47. The maximum Gasteiger partial charge on any atom is 0.328 e. The SMILES string of the molecule is COc1ccc(C(=O)Nc2ccc(-c3ccc(CO)cc3)cc2)cc1CCCN(C)C.O=C(O)/C=C\C(=O)O. The largest absolute Gasteiger partial charge is 0.496 e. The van der Waals surface area contributed by atoms with Crippen LogP contribution in [-0.4, -0.2) is 65.8 Å². The molecule has 0 bridgehead atoms. The molecule has 206 valence electrons. The zero-order chi connectivity index (χ0) is 28.8. The van der Waals surface area contributed by atoms with Crippen molar-refractivity contribution in [3.8, 4) is 16.9 Å². The number of aryl methyl sites for hydroxylation is 1. The van der Waals surface area contributed by atoms with Crippen molar-refractivity contribution in [2.24, 2.45) is 0 Å². The topological polar surface area (TPSA) is 136 Å². The number of aliphatic hydroxyl groups is 1. The zero-order valence-electron chi connectivity index (χ0n) is 22.3. The molecule has 0 fully saturated rings. The number of ether oxygens (including phenoxy) is 1. The van der Waals surface area contributed by atoms with Gasteiger partial charge in [0.25, 0.3) is 5.91 Å². The standard InChI is InChI=1S/C26H30N2O3.C4H4O4/c1-28(2)16-4-5-22-17-23(12-15-25(22)31-3)26(30)27-24-13-10-21(11-14-24)20-8-6-19(18-29)7-9-20;5-3(6)1-2-4(7)8/h6-15,17,29H,4-5,16,18H2,1-3H3,(H,27,30);1-2H,(H,5,6)(H,7,8)/b;2-1-. The maximum absolute atomic E-state index is 12.8. The molecule has 39 heavy (non-hydrogen) atoms. The average Bonchev–Trinajstić information content (AvgIpc) is 2.92. The number of aliphatic hydroxyl groups excluding tert-OH is 1. The first-order valence-electron chi connectivity index (χ1n) is 12.2. The first-order valence-corrected chi connectivity index (χ1v) is 12.2. The van der Waals surface area contributed by atoms with Crippen molar-refractivity contribution in [3.63, 3.8) is 0 Å². The van der Waals surface area contributed by atoms with Gasteiger partial charge in [0.05, 0.1) is 13.7 Å². The molecule has 1 amide bonds. The van der Waals surface area contributed by atoms with E-state index in [-0.39, 0.29) is 12.5 Å². The van der Waals surface area contributed by atoms with E-state index in [4.69, 9.17) is 14.9 Å². The van der Waals surface area contributed by atoms with Crippen LogP contribution in [-0.2, 0) is 22.6 Å². The lowest BCUT2D eigenvalue weighted by Gasteiger charge is -2.13. The van der Waals surface area contributed by atoms with Crippen molar-refractivity contribution in [2.75, 3.05) is 33.1 Å². The van der Waals surface area contributed by atoms with Gasteiger partial charge in [-0.2, -0.15) is 0 Å². The quantitative estimate of drug-likeness (QED) is 0.267. The molecule has 0 atom stereocenters. The minimum Gasteiger partial charge on any atom is -0.496 e. The molecule has 0 radical (unpaired) electrons. The molecular formula is C30H34N2O7. The fourth-order valence-corrected chi connectivity index (χ4v) is 3.60. The van der Waals surface area contributed by atoms with Gasteiger partial charge in [-0.3, -0.25) is 4.79 Å². The van der Waals surface area contributed by atoms with Crippen molar-refractivity contribution < 1.29 is 34.4 Å². The molecule has 0 saturated heterocycles. The molecule has 3 aromatic carbocycles. The molecule has 0 aliphatic carbocycles. The molecule has 0 saturated carbocycles. The Balaban J connectivity index is 0.000000580. The lowest BCUT2D eigenvalue weighted by Crippen LogP contribution is -2.14. The fraction of sp³-hybridized carbons (Fsp3) is 0.233. The summed E-state index contributed by atoms with van der Waals surface area (Å²) in [5.74, 6) is -1.84. The molecule has 0 heterocycles. The van der Waals surface area contributed by atoms with Crippen LogP contribution < -0.4 is 10.1 Å². The maximum atomic E-state index is 12.8. The summed E-state index contributed by atoms with van der Waals surface area (Å²) in [6, 6.07) is 21.1. The van der Waals surface area contributed by atoms with Crippen LogP contribution in [0.15, 0.2) is 78.9 Å². The van der Waals surface area contributed by atoms with Crippen LogP contribution >= 0.6 is 0 Å². The van der Waals surface area contributed by atoms with Gasteiger partial charge in [0.2, 0.25) is 0 Å². The normalized spacial score (nSPS) is 10.6. The minimum atomic E-state index is -1.26. The molecule has 3 aromatic rings. The molecular weight excluding hydrogens is 500 g/mol. The van der Waals surface area contributed by atoms with Crippen molar-refractivity contribution >= 4 is 23.5 Å². The highest BCUT2D eigenvalue weighted by molar-refractivity contribution is 6.04. The number of anilines is 1. The van der Waals surface area contributed by atoms with E-state index in [1.54, 1.807) is 13.2 Å². The van der Waals surface area contributed by atoms with E-state index in [9.17, 15) is 19.5 Å². The Hall–Kier alpha value is -4.47. The Labute approximate surface area is 228 Å². The summed E-state index contributed by atoms with van der Waals surface area (Å²) in [4.78, 5) is 34.0. The number of benzene rings is 3. The minimum absolute atomic E-state index is 0.0357. The Morgan fingerprint density at radius 3 is 1.92 bits per heavy atom. The van der Waals surface area contributed by atoms with E-state index in [2.05, 4.69) is 24.3 Å². The predicted molar refractivity (Wildman–Crippen MR) is 150 cm³/mol. The number of carbonyl (C=O) groups excluding carboxylic acids is 1. The van der Waals surface area contributed by atoms with E-state index in [0.717, 1.165) is 53.1 Å². The summed E-state index contributed by atoms with van der Waals surface area (Å²) in [5.41, 5.74) is 5.39. The summed E-state index contributed by atoms with van der Waals surface area (Å²) in [6.45, 7) is 1.02. The third-order valence-electron chi connectivity index (χ3n) is 5.58. The summed E-state index contributed by atoms with van der Waals surface area (Å²) >= 11 is 0. The fourth-order valence-electron chi connectivity index (χ4n) is 3.60. The number of nitrogens with zero attached hydrogens (tertiary/aromatic N) is 1. The highest BCUT2D eigenvalue weighted by atomic mass is 16.5. The molecule has 0 unspecified atom stereocenters. The highest BCUT2D eigenvalue weighted by Gasteiger charge is 2.11. The van der Waals surface area contributed by atoms with Gasteiger partial charge in [-0.25, -0.2) is 9.59 Å². The third kappa shape index (κ3) is 10.8. The van der Waals surface area contributed by atoms with Gasteiger partial charge in [0, 0.05) is 23.4 Å². The van der Waals surface area contributed by atoms with E-state index >= 15 is 0 Å². The number of methoxy groups -OCH3 is 1. The van der Waals surface area contributed by atoms with Crippen molar-refractivity contribution in [1.29, 1.82) is 0 Å². The number of hydrogen-bond acceptors (Lipinski definition) is 6. The summed E-state index contributed by atoms with van der Waals surface area (Å²) in [6.07, 6.45) is 2.96. The summed E-state index contributed by atoms with van der Waals surface area (Å²) in [5, 5.41) is 27.8. The third-order valence-corrected chi connectivity index (χ3v) is 5.58. The number of carboxylic acids is 2. The number of hydrogen-bond donors (Lipinski definition) is 4. The van der Waals surface area contributed by atoms with Crippen LogP contribution in [0.4, 0.5) is 5.69 Å². The predicted octanol–water partition coefficient (Wildman–Crippen LogP) is 4.31. The lowest BCUT2D eigenvalue weighted by atomic mass is 10.0. The average molecular weight is 535 g/mol. The summed E-state index contributed by atoms with van der Waals surface area (Å²) in [7, 11) is 5.76. The molecule has 3 rings (SSSR count). The van der Waals surface area contributed by atoms with Crippen molar-refractivity contribution in [3.05, 3.63) is 95.6 Å². The van der Waals surface area contributed by atoms with E-state index in [1.165, 1.54) is 0 Å². The van der Waals surface area contributed by atoms with Gasteiger partial charge >= 0.3 is 11.9 Å². The van der Waals surface area contributed by atoms with Gasteiger partial charge in [-0.1, -0.05) is 36.4 Å².